The second kappa shape index (κ2) is 6.36. The van der Waals surface area contributed by atoms with Crippen LogP contribution in [0, 0.1) is 0 Å². The number of hydrogen-bond donors (Lipinski definition) is 2. The lowest BCUT2D eigenvalue weighted by molar-refractivity contribution is -0.123. The topological polar surface area (TPSA) is 58.2 Å². The number of Topliss-reactive ketones (excluding diaryl/α,β-unsaturated/α-hetero) is 1. The molecule has 0 bridgehead atoms. The number of carbonyl (C=O) groups is 2. The number of benzene rings is 1. The summed E-state index contributed by atoms with van der Waals surface area (Å²) in [5.41, 5.74) is 3.81. The van der Waals surface area contributed by atoms with Gasteiger partial charge in [-0.05, 0) is 42.9 Å². The Kier molecular flexibility index (Phi) is 4.55. The van der Waals surface area contributed by atoms with E-state index in [0.717, 1.165) is 18.5 Å². The molecule has 0 heterocycles. The van der Waals surface area contributed by atoms with Crippen molar-refractivity contribution in [3.8, 4) is 0 Å². The predicted octanol–water partition coefficient (Wildman–Crippen LogP) is 1.68. The molecule has 2 N–H and O–H groups in total. The van der Waals surface area contributed by atoms with E-state index in [2.05, 4.69) is 16.7 Å². The van der Waals surface area contributed by atoms with Gasteiger partial charge in [-0.25, -0.2) is 0 Å². The van der Waals surface area contributed by atoms with Crippen LogP contribution in [0.3, 0.4) is 0 Å². The molecule has 1 amide bonds. The molecule has 2 rings (SSSR count). The minimum atomic E-state index is -0.176. The van der Waals surface area contributed by atoms with E-state index in [1.54, 1.807) is 0 Å². The van der Waals surface area contributed by atoms with Crippen LogP contribution in [0.2, 0.25) is 0 Å². The summed E-state index contributed by atoms with van der Waals surface area (Å²) in [5, 5.41) is 5.71. The van der Waals surface area contributed by atoms with Crippen LogP contribution in [0.1, 0.15) is 30.9 Å². The van der Waals surface area contributed by atoms with Gasteiger partial charge in [0.1, 0.15) is 0 Å². The highest BCUT2D eigenvalue weighted by molar-refractivity contribution is 5.88. The second-order valence-corrected chi connectivity index (χ2v) is 4.95. The minimum Gasteiger partial charge on any atom is -0.378 e. The van der Waals surface area contributed by atoms with E-state index in [1.807, 2.05) is 12.1 Å². The maximum Gasteiger partial charge on any atom is 0.217 e. The van der Waals surface area contributed by atoms with E-state index in [4.69, 9.17) is 0 Å². The van der Waals surface area contributed by atoms with Crippen molar-refractivity contribution in [1.29, 1.82) is 0 Å². The smallest absolute Gasteiger partial charge is 0.217 e. The summed E-state index contributed by atoms with van der Waals surface area (Å²) in [5.74, 6) is -0.186. The fraction of sp³-hybridized carbons (Fsp3) is 0.467. The maximum atomic E-state index is 11.6. The summed E-state index contributed by atoms with van der Waals surface area (Å²) in [6.07, 6.45) is 4.67. The van der Waals surface area contributed by atoms with Crippen LogP contribution in [0.15, 0.2) is 18.2 Å². The Morgan fingerprint density at radius 3 is 2.74 bits per heavy atom. The van der Waals surface area contributed by atoms with Crippen molar-refractivity contribution >= 4 is 17.4 Å². The molecule has 4 nitrogen and oxygen atoms in total. The fourth-order valence-corrected chi connectivity index (χ4v) is 2.43. The first-order valence-corrected chi connectivity index (χ1v) is 6.77. The van der Waals surface area contributed by atoms with Gasteiger partial charge >= 0.3 is 0 Å². The van der Waals surface area contributed by atoms with Gasteiger partial charge in [-0.2, -0.15) is 0 Å². The minimum absolute atomic E-state index is 0.0105. The van der Waals surface area contributed by atoms with Crippen LogP contribution in [-0.4, -0.2) is 24.8 Å². The van der Waals surface area contributed by atoms with Crippen molar-refractivity contribution in [2.24, 2.45) is 0 Å². The third-order valence-corrected chi connectivity index (χ3v) is 3.41. The highest BCUT2D eigenvalue weighted by Gasteiger charge is 2.13. The van der Waals surface area contributed by atoms with Crippen LogP contribution in [-0.2, 0) is 22.4 Å². The summed E-state index contributed by atoms with van der Waals surface area (Å²) < 4.78 is 0. The summed E-state index contributed by atoms with van der Waals surface area (Å²) >= 11 is 0. The van der Waals surface area contributed by atoms with Crippen LogP contribution < -0.4 is 10.6 Å². The molecular weight excluding hydrogens is 240 g/mol. The summed E-state index contributed by atoms with van der Waals surface area (Å²) in [4.78, 5) is 22.3. The molecule has 1 aromatic rings. The summed E-state index contributed by atoms with van der Waals surface area (Å²) in [6.45, 7) is 1.77. The van der Waals surface area contributed by atoms with E-state index in [0.29, 0.717) is 0 Å². The van der Waals surface area contributed by atoms with Crippen LogP contribution in [0.5, 0.6) is 0 Å². The van der Waals surface area contributed by atoms with Gasteiger partial charge in [0.05, 0.1) is 13.1 Å². The van der Waals surface area contributed by atoms with Crippen molar-refractivity contribution < 1.29 is 9.59 Å². The molecule has 0 saturated heterocycles. The van der Waals surface area contributed by atoms with Gasteiger partial charge in [-0.15, -0.1) is 0 Å². The van der Waals surface area contributed by atoms with Crippen molar-refractivity contribution in [1.82, 2.24) is 5.32 Å². The molecule has 0 unspecified atom stereocenters. The Hall–Kier alpha value is -1.84. The summed E-state index contributed by atoms with van der Waals surface area (Å²) in [7, 11) is 0. The SMILES string of the molecule is CC(=O)NCC(=O)CNc1cccc2c1CCCC2. The number of ketones is 1. The lowest BCUT2D eigenvalue weighted by atomic mass is 9.90. The number of aryl methyl sites for hydroxylation is 1. The molecule has 4 heteroatoms. The van der Waals surface area contributed by atoms with E-state index in [1.165, 1.54) is 30.9 Å². The molecule has 0 radical (unpaired) electrons. The van der Waals surface area contributed by atoms with Crippen LogP contribution in [0.4, 0.5) is 5.69 Å². The zero-order valence-corrected chi connectivity index (χ0v) is 11.3. The van der Waals surface area contributed by atoms with Gasteiger partial charge in [0.15, 0.2) is 5.78 Å². The molecular formula is C15H20N2O2. The quantitative estimate of drug-likeness (QED) is 0.847. The Morgan fingerprint density at radius 2 is 1.95 bits per heavy atom. The molecule has 19 heavy (non-hydrogen) atoms. The highest BCUT2D eigenvalue weighted by Crippen LogP contribution is 2.27. The first-order valence-electron chi connectivity index (χ1n) is 6.77. The van der Waals surface area contributed by atoms with Gasteiger partial charge in [0.2, 0.25) is 5.91 Å². The first-order chi connectivity index (χ1) is 9.16. The van der Waals surface area contributed by atoms with Crippen molar-refractivity contribution in [2.75, 3.05) is 18.4 Å². The van der Waals surface area contributed by atoms with E-state index in [9.17, 15) is 9.59 Å². The molecule has 102 valence electrons. The molecule has 1 aliphatic carbocycles. The van der Waals surface area contributed by atoms with Gasteiger partial charge in [0, 0.05) is 12.6 Å². The number of rotatable bonds is 5. The number of hydrogen-bond acceptors (Lipinski definition) is 3. The number of fused-ring (bicyclic) bond motifs is 1. The zero-order valence-electron chi connectivity index (χ0n) is 11.3. The van der Waals surface area contributed by atoms with E-state index >= 15 is 0 Å². The number of amides is 1. The third kappa shape index (κ3) is 3.81. The van der Waals surface area contributed by atoms with Gasteiger partial charge < -0.3 is 10.6 Å². The lowest BCUT2D eigenvalue weighted by Crippen LogP contribution is -2.31. The molecule has 1 aliphatic rings. The van der Waals surface area contributed by atoms with Crippen molar-refractivity contribution in [2.45, 2.75) is 32.6 Å². The van der Waals surface area contributed by atoms with Crippen molar-refractivity contribution in [3.05, 3.63) is 29.3 Å². The monoisotopic (exact) mass is 260 g/mol. The molecule has 0 aliphatic heterocycles. The van der Waals surface area contributed by atoms with Crippen LogP contribution >= 0.6 is 0 Å². The van der Waals surface area contributed by atoms with Crippen molar-refractivity contribution in [3.63, 3.8) is 0 Å². The summed E-state index contributed by atoms with van der Waals surface area (Å²) in [6, 6.07) is 6.22. The molecule has 1 aromatic carbocycles. The molecule has 0 atom stereocenters. The molecule has 0 saturated carbocycles. The Bertz CT molecular complexity index is 483. The Balaban J connectivity index is 1.92. The Labute approximate surface area is 113 Å². The zero-order chi connectivity index (χ0) is 13.7. The average molecular weight is 260 g/mol. The maximum absolute atomic E-state index is 11.6. The molecule has 0 spiro atoms. The number of carbonyl (C=O) groups excluding carboxylic acids is 2. The van der Waals surface area contributed by atoms with Crippen LogP contribution in [0.25, 0.3) is 0 Å². The predicted molar refractivity (Wildman–Crippen MR) is 75.3 cm³/mol. The molecule has 0 aromatic heterocycles. The van der Waals surface area contributed by atoms with E-state index < -0.39 is 0 Å². The number of anilines is 1. The standard InChI is InChI=1S/C15H20N2O2/c1-11(18)16-9-13(19)10-17-15-8-4-6-12-5-2-3-7-14(12)15/h4,6,8,17H,2-3,5,7,9-10H2,1H3,(H,16,18). The number of nitrogens with one attached hydrogen (secondary N) is 2. The lowest BCUT2D eigenvalue weighted by Gasteiger charge is -2.19. The first kappa shape index (κ1) is 13.6. The second-order valence-electron chi connectivity index (χ2n) is 4.95. The Morgan fingerprint density at radius 1 is 1.16 bits per heavy atom. The fourth-order valence-electron chi connectivity index (χ4n) is 2.43. The normalized spacial score (nSPS) is 13.5. The van der Waals surface area contributed by atoms with Gasteiger partial charge in [-0.3, -0.25) is 9.59 Å². The highest BCUT2D eigenvalue weighted by atomic mass is 16.2. The molecule has 0 fully saturated rings. The average Bonchev–Trinajstić information content (AvgIpc) is 2.42. The van der Waals surface area contributed by atoms with E-state index in [-0.39, 0.29) is 24.8 Å². The van der Waals surface area contributed by atoms with Gasteiger partial charge in [0.25, 0.3) is 0 Å². The van der Waals surface area contributed by atoms with Gasteiger partial charge in [-0.1, -0.05) is 12.1 Å². The largest absolute Gasteiger partial charge is 0.378 e. The third-order valence-electron chi connectivity index (χ3n) is 3.41.